The minimum absolute atomic E-state index is 0.0542. The lowest BCUT2D eigenvalue weighted by Gasteiger charge is -2.32. The van der Waals surface area contributed by atoms with Gasteiger partial charge >= 0.3 is 6.18 Å². The molecule has 116 valence electrons. The molecule has 3 rings (SSSR count). The number of nitrogens with zero attached hydrogens (tertiary/aromatic N) is 2. The SMILES string of the molecule is CN1NC(c2ccc3scnc3c2)(C(F)(F)F)C=C1C(N)=O. The summed E-state index contributed by atoms with van der Waals surface area (Å²) in [5.74, 6) is -0.934. The highest BCUT2D eigenvalue weighted by Crippen LogP contribution is 2.44. The van der Waals surface area contributed by atoms with Crippen LogP contribution < -0.4 is 11.2 Å². The van der Waals surface area contributed by atoms with Crippen LogP contribution in [-0.4, -0.2) is 29.1 Å². The molecule has 5 nitrogen and oxygen atoms in total. The van der Waals surface area contributed by atoms with Crippen LogP contribution in [0.25, 0.3) is 10.2 Å². The molecule has 1 aliphatic heterocycles. The summed E-state index contributed by atoms with van der Waals surface area (Å²) in [6.07, 6.45) is -3.86. The smallest absolute Gasteiger partial charge is 0.364 e. The fourth-order valence-electron chi connectivity index (χ4n) is 2.46. The number of alkyl halides is 3. The number of primary amides is 1. The third-order valence-corrected chi connectivity index (χ3v) is 4.35. The standard InChI is InChI=1S/C13H11F3N4OS/c1-20-9(11(17)21)5-12(19-20,13(14,15)16)7-2-3-10-8(4-7)18-6-22-10/h2-6,19H,1H3,(H2,17,21). The summed E-state index contributed by atoms with van der Waals surface area (Å²) >= 11 is 1.34. The third-order valence-electron chi connectivity index (χ3n) is 3.54. The molecular weight excluding hydrogens is 317 g/mol. The zero-order chi connectivity index (χ0) is 16.1. The van der Waals surface area contributed by atoms with Crippen LogP contribution in [0.4, 0.5) is 13.2 Å². The molecule has 3 N–H and O–H groups in total. The van der Waals surface area contributed by atoms with Gasteiger partial charge in [0.05, 0.1) is 15.7 Å². The summed E-state index contributed by atoms with van der Waals surface area (Å²) in [6.45, 7) is 0. The van der Waals surface area contributed by atoms with E-state index in [0.717, 1.165) is 15.8 Å². The van der Waals surface area contributed by atoms with E-state index in [4.69, 9.17) is 5.73 Å². The van der Waals surface area contributed by atoms with E-state index in [0.29, 0.717) is 5.52 Å². The highest BCUT2D eigenvalue weighted by Gasteiger charge is 2.59. The van der Waals surface area contributed by atoms with Crippen LogP contribution >= 0.6 is 11.3 Å². The van der Waals surface area contributed by atoms with Gasteiger partial charge in [0.15, 0.2) is 5.54 Å². The van der Waals surface area contributed by atoms with E-state index in [1.807, 2.05) is 0 Å². The molecule has 0 saturated carbocycles. The van der Waals surface area contributed by atoms with Crippen molar-refractivity contribution in [1.82, 2.24) is 15.4 Å². The molecular formula is C13H11F3N4OS. The Labute approximate surface area is 127 Å². The zero-order valence-electron chi connectivity index (χ0n) is 11.3. The lowest BCUT2D eigenvalue weighted by atomic mass is 9.89. The quantitative estimate of drug-likeness (QED) is 0.883. The molecule has 22 heavy (non-hydrogen) atoms. The van der Waals surface area contributed by atoms with Crippen LogP contribution in [-0.2, 0) is 10.3 Å². The van der Waals surface area contributed by atoms with Crippen molar-refractivity contribution >= 4 is 27.5 Å². The van der Waals surface area contributed by atoms with Gasteiger partial charge in [-0.3, -0.25) is 4.79 Å². The summed E-state index contributed by atoms with van der Waals surface area (Å²) in [7, 11) is 1.31. The molecule has 1 aromatic carbocycles. The Hall–Kier alpha value is -2.13. The molecule has 0 spiro atoms. The molecule has 1 unspecified atom stereocenters. The first-order valence-electron chi connectivity index (χ1n) is 6.19. The number of hydrazine groups is 1. The van der Waals surface area contributed by atoms with E-state index in [2.05, 4.69) is 10.4 Å². The van der Waals surface area contributed by atoms with Crippen LogP contribution in [0.1, 0.15) is 5.56 Å². The molecule has 0 aliphatic carbocycles. The maximum absolute atomic E-state index is 13.7. The Morgan fingerprint density at radius 2 is 2.18 bits per heavy atom. The number of carbonyl (C=O) groups is 1. The number of fused-ring (bicyclic) bond motifs is 1. The Balaban J connectivity index is 2.22. The van der Waals surface area contributed by atoms with Crippen molar-refractivity contribution in [1.29, 1.82) is 0 Å². The van der Waals surface area contributed by atoms with Gasteiger partial charge in [-0.25, -0.2) is 10.4 Å². The predicted molar refractivity (Wildman–Crippen MR) is 75.5 cm³/mol. The fraction of sp³-hybridized carbons (Fsp3) is 0.231. The van der Waals surface area contributed by atoms with Gasteiger partial charge in [0.2, 0.25) is 0 Å². The van der Waals surface area contributed by atoms with E-state index >= 15 is 0 Å². The van der Waals surface area contributed by atoms with Gasteiger partial charge in [-0.15, -0.1) is 11.3 Å². The number of likely N-dealkylation sites (N-methyl/N-ethyl adjacent to an activating group) is 1. The molecule has 0 saturated heterocycles. The van der Waals surface area contributed by atoms with Crippen LogP contribution in [0, 0.1) is 0 Å². The Morgan fingerprint density at radius 1 is 1.45 bits per heavy atom. The molecule has 2 aromatic rings. The molecule has 1 atom stereocenters. The second-order valence-electron chi connectivity index (χ2n) is 4.91. The number of rotatable bonds is 2. The first-order chi connectivity index (χ1) is 10.2. The first-order valence-corrected chi connectivity index (χ1v) is 7.07. The lowest BCUT2D eigenvalue weighted by Crippen LogP contribution is -2.53. The van der Waals surface area contributed by atoms with Crippen LogP contribution in [0.3, 0.4) is 0 Å². The number of hydrogen-bond acceptors (Lipinski definition) is 5. The number of carbonyl (C=O) groups excluding carboxylic acids is 1. The van der Waals surface area contributed by atoms with Gasteiger partial charge in [0.1, 0.15) is 5.70 Å². The summed E-state index contributed by atoms with van der Waals surface area (Å²) < 4.78 is 42.0. The van der Waals surface area contributed by atoms with E-state index in [1.54, 1.807) is 11.6 Å². The zero-order valence-corrected chi connectivity index (χ0v) is 12.1. The molecule has 9 heteroatoms. The first kappa shape index (κ1) is 14.8. The van der Waals surface area contributed by atoms with Gasteiger partial charge in [0.25, 0.3) is 5.91 Å². The second kappa shape index (κ2) is 4.68. The minimum Gasteiger partial charge on any atom is -0.364 e. The molecule has 0 fully saturated rings. The average Bonchev–Trinajstić information content (AvgIpc) is 3.01. The highest BCUT2D eigenvalue weighted by molar-refractivity contribution is 7.16. The number of nitrogens with two attached hydrogens (primary N) is 1. The van der Waals surface area contributed by atoms with E-state index in [-0.39, 0.29) is 11.3 Å². The lowest BCUT2D eigenvalue weighted by molar-refractivity contribution is -0.191. The molecule has 0 bridgehead atoms. The van der Waals surface area contributed by atoms with Gasteiger partial charge in [0, 0.05) is 7.05 Å². The van der Waals surface area contributed by atoms with Crippen molar-refractivity contribution in [3.8, 4) is 0 Å². The van der Waals surface area contributed by atoms with E-state index in [1.165, 1.54) is 30.5 Å². The number of aromatic nitrogens is 1. The van der Waals surface area contributed by atoms with Gasteiger partial charge in [-0.05, 0) is 23.8 Å². The Kier molecular flexibility index (Phi) is 3.15. The Morgan fingerprint density at radius 3 is 2.77 bits per heavy atom. The fourth-order valence-corrected chi connectivity index (χ4v) is 3.11. The van der Waals surface area contributed by atoms with Crippen molar-refractivity contribution in [2.24, 2.45) is 5.73 Å². The number of amides is 1. The van der Waals surface area contributed by atoms with Crippen LogP contribution in [0.15, 0.2) is 35.5 Å². The van der Waals surface area contributed by atoms with E-state index < -0.39 is 17.6 Å². The normalized spacial score (nSPS) is 22.2. The van der Waals surface area contributed by atoms with Crippen molar-refractivity contribution in [2.75, 3.05) is 7.05 Å². The van der Waals surface area contributed by atoms with Crippen LogP contribution in [0.5, 0.6) is 0 Å². The number of halogens is 3. The predicted octanol–water partition coefficient (Wildman–Crippen LogP) is 1.87. The number of benzene rings is 1. The average molecular weight is 328 g/mol. The van der Waals surface area contributed by atoms with Crippen molar-refractivity contribution < 1.29 is 18.0 Å². The summed E-state index contributed by atoms with van der Waals surface area (Å²) in [5.41, 5.74) is 6.67. The van der Waals surface area contributed by atoms with Gasteiger partial charge in [-0.2, -0.15) is 13.2 Å². The number of thiazole rings is 1. The monoisotopic (exact) mass is 328 g/mol. The highest BCUT2D eigenvalue weighted by atomic mass is 32.1. The third kappa shape index (κ3) is 2.04. The number of hydrogen-bond donors (Lipinski definition) is 2. The van der Waals surface area contributed by atoms with E-state index in [9.17, 15) is 18.0 Å². The van der Waals surface area contributed by atoms with Crippen molar-refractivity contribution in [2.45, 2.75) is 11.7 Å². The maximum Gasteiger partial charge on any atom is 0.416 e. The molecule has 0 radical (unpaired) electrons. The van der Waals surface area contributed by atoms with Crippen molar-refractivity contribution in [3.63, 3.8) is 0 Å². The summed E-state index contributed by atoms with van der Waals surface area (Å²) in [4.78, 5) is 15.4. The van der Waals surface area contributed by atoms with Crippen LogP contribution in [0.2, 0.25) is 0 Å². The maximum atomic E-state index is 13.7. The molecule has 1 aromatic heterocycles. The van der Waals surface area contributed by atoms with Crippen molar-refractivity contribution in [3.05, 3.63) is 41.0 Å². The second-order valence-corrected chi connectivity index (χ2v) is 5.79. The molecule has 1 aliphatic rings. The topological polar surface area (TPSA) is 71.2 Å². The molecule has 2 heterocycles. The Bertz CT molecular complexity index is 785. The van der Waals surface area contributed by atoms with Gasteiger partial charge < -0.3 is 10.7 Å². The largest absolute Gasteiger partial charge is 0.416 e. The minimum atomic E-state index is -4.66. The molecule has 1 amide bonds. The summed E-state index contributed by atoms with van der Waals surface area (Å²) in [5, 5.41) is 0.987. The summed E-state index contributed by atoms with van der Waals surface area (Å²) in [6, 6.07) is 4.31. The van der Waals surface area contributed by atoms with Gasteiger partial charge in [-0.1, -0.05) is 6.07 Å². The number of nitrogens with one attached hydrogen (secondary N) is 1.